The first-order valence-corrected chi connectivity index (χ1v) is 6.22. The quantitative estimate of drug-likeness (QED) is 0.884. The van der Waals surface area contributed by atoms with Gasteiger partial charge in [-0.2, -0.15) is 0 Å². The van der Waals surface area contributed by atoms with E-state index in [9.17, 15) is 9.50 Å². The molecule has 94 valence electrons. The maximum absolute atomic E-state index is 12.9. The van der Waals surface area contributed by atoms with Gasteiger partial charge in [-0.1, -0.05) is 0 Å². The molecule has 18 heavy (non-hydrogen) atoms. The van der Waals surface area contributed by atoms with Gasteiger partial charge in [-0.25, -0.2) is 9.37 Å². The van der Waals surface area contributed by atoms with Crippen molar-refractivity contribution in [3.63, 3.8) is 0 Å². The monoisotopic (exact) mass is 246 g/mol. The van der Waals surface area contributed by atoms with E-state index < -0.39 is 0 Å². The van der Waals surface area contributed by atoms with Crippen molar-refractivity contribution in [3.05, 3.63) is 42.0 Å². The summed E-state index contributed by atoms with van der Waals surface area (Å²) >= 11 is 0. The van der Waals surface area contributed by atoms with Crippen molar-refractivity contribution in [3.8, 4) is 11.4 Å². The summed E-state index contributed by atoms with van der Waals surface area (Å²) in [4.78, 5) is 4.43. The van der Waals surface area contributed by atoms with Crippen LogP contribution in [0, 0.1) is 5.82 Å². The van der Waals surface area contributed by atoms with Crippen LogP contribution in [-0.4, -0.2) is 21.3 Å². The van der Waals surface area contributed by atoms with Gasteiger partial charge in [-0.05, 0) is 37.1 Å². The van der Waals surface area contributed by atoms with Crippen molar-refractivity contribution in [2.24, 2.45) is 0 Å². The van der Waals surface area contributed by atoms with Crippen LogP contribution in [0.5, 0.6) is 0 Å². The molecule has 0 radical (unpaired) electrons. The van der Waals surface area contributed by atoms with Crippen molar-refractivity contribution in [2.75, 3.05) is 6.61 Å². The van der Waals surface area contributed by atoms with E-state index in [-0.39, 0.29) is 18.3 Å². The van der Waals surface area contributed by atoms with E-state index in [4.69, 9.17) is 0 Å². The number of fused-ring (bicyclic) bond motifs is 1. The Morgan fingerprint density at radius 2 is 2.11 bits per heavy atom. The number of hydrogen-bond donors (Lipinski definition) is 1. The molecule has 1 unspecified atom stereocenters. The second kappa shape index (κ2) is 4.53. The van der Waals surface area contributed by atoms with Crippen LogP contribution in [0.25, 0.3) is 11.4 Å². The van der Waals surface area contributed by atoms with E-state index in [1.165, 1.54) is 12.1 Å². The van der Waals surface area contributed by atoms with Crippen molar-refractivity contribution in [2.45, 2.75) is 25.3 Å². The molecular weight excluding hydrogens is 231 g/mol. The highest BCUT2D eigenvalue weighted by Crippen LogP contribution is 2.31. The Bertz CT molecular complexity index is 547. The van der Waals surface area contributed by atoms with Gasteiger partial charge < -0.3 is 9.67 Å². The van der Waals surface area contributed by atoms with Gasteiger partial charge in [0, 0.05) is 29.9 Å². The van der Waals surface area contributed by atoms with E-state index in [0.717, 1.165) is 36.5 Å². The van der Waals surface area contributed by atoms with Gasteiger partial charge in [0.05, 0.1) is 6.61 Å². The number of hydrogen-bond acceptors (Lipinski definition) is 2. The van der Waals surface area contributed by atoms with Gasteiger partial charge in [-0.15, -0.1) is 0 Å². The average Bonchev–Trinajstić information content (AvgIpc) is 2.83. The molecule has 1 N–H and O–H groups in total. The van der Waals surface area contributed by atoms with Gasteiger partial charge in [0.2, 0.25) is 0 Å². The second-order valence-corrected chi connectivity index (χ2v) is 4.69. The standard InChI is InChI=1S/C14H15FN2O/c15-12-5-3-10(4-6-12)14-16-8-13-11(9-18)2-1-7-17(13)14/h3-6,8,11,18H,1-2,7,9H2. The van der Waals surface area contributed by atoms with Crippen molar-refractivity contribution >= 4 is 0 Å². The van der Waals surface area contributed by atoms with Crippen molar-refractivity contribution < 1.29 is 9.50 Å². The van der Waals surface area contributed by atoms with E-state index >= 15 is 0 Å². The number of nitrogens with zero attached hydrogens (tertiary/aromatic N) is 2. The van der Waals surface area contributed by atoms with E-state index in [1.807, 2.05) is 6.20 Å². The van der Waals surface area contributed by atoms with Crippen LogP contribution in [0.2, 0.25) is 0 Å². The minimum Gasteiger partial charge on any atom is -0.396 e. The molecule has 2 heterocycles. The minimum absolute atomic E-state index is 0.161. The summed E-state index contributed by atoms with van der Waals surface area (Å²) in [7, 11) is 0. The highest BCUT2D eigenvalue weighted by Gasteiger charge is 2.23. The summed E-state index contributed by atoms with van der Waals surface area (Å²) < 4.78 is 15.1. The SMILES string of the molecule is OCC1CCCn2c1cnc2-c1ccc(F)cc1. The molecule has 4 heteroatoms. The van der Waals surface area contributed by atoms with Crippen molar-refractivity contribution in [1.82, 2.24) is 9.55 Å². The Morgan fingerprint density at radius 3 is 2.83 bits per heavy atom. The zero-order valence-corrected chi connectivity index (χ0v) is 10.0. The first kappa shape index (κ1) is 11.4. The summed E-state index contributed by atoms with van der Waals surface area (Å²) in [6.45, 7) is 1.08. The molecule has 0 amide bonds. The molecule has 0 saturated heterocycles. The molecular formula is C14H15FN2O. The van der Waals surface area contributed by atoms with Gasteiger partial charge in [0.15, 0.2) is 0 Å². The molecule has 1 aromatic carbocycles. The zero-order valence-electron chi connectivity index (χ0n) is 10.0. The summed E-state index contributed by atoms with van der Waals surface area (Å²) in [5.41, 5.74) is 2.00. The van der Waals surface area contributed by atoms with E-state index in [1.54, 1.807) is 12.1 Å². The number of aromatic nitrogens is 2. The Hall–Kier alpha value is -1.68. The fourth-order valence-electron chi connectivity index (χ4n) is 2.61. The Labute approximate surface area is 105 Å². The highest BCUT2D eigenvalue weighted by atomic mass is 19.1. The van der Waals surface area contributed by atoms with Gasteiger partial charge >= 0.3 is 0 Å². The topological polar surface area (TPSA) is 38.0 Å². The van der Waals surface area contributed by atoms with Crippen LogP contribution in [0.4, 0.5) is 4.39 Å². The maximum Gasteiger partial charge on any atom is 0.140 e. The Balaban J connectivity index is 2.04. The summed E-state index contributed by atoms with van der Waals surface area (Å²) in [5.74, 6) is 0.806. The number of benzene rings is 1. The highest BCUT2D eigenvalue weighted by molar-refractivity contribution is 5.56. The molecule has 0 aliphatic carbocycles. The zero-order chi connectivity index (χ0) is 12.5. The molecule has 2 aromatic rings. The molecule has 0 bridgehead atoms. The molecule has 1 aliphatic heterocycles. The first-order valence-electron chi connectivity index (χ1n) is 6.22. The van der Waals surface area contributed by atoms with E-state index in [0.29, 0.717) is 0 Å². The van der Waals surface area contributed by atoms with Gasteiger partial charge in [-0.3, -0.25) is 0 Å². The van der Waals surface area contributed by atoms with Crippen LogP contribution in [-0.2, 0) is 6.54 Å². The summed E-state index contributed by atoms with van der Waals surface area (Å²) in [6.07, 6.45) is 3.88. The molecule has 0 spiro atoms. The fraction of sp³-hybridized carbons (Fsp3) is 0.357. The second-order valence-electron chi connectivity index (χ2n) is 4.69. The predicted octanol–water partition coefficient (Wildman–Crippen LogP) is 2.56. The third kappa shape index (κ3) is 1.82. The maximum atomic E-state index is 12.9. The fourth-order valence-corrected chi connectivity index (χ4v) is 2.61. The lowest BCUT2D eigenvalue weighted by Gasteiger charge is -2.23. The number of halogens is 1. The largest absolute Gasteiger partial charge is 0.396 e. The van der Waals surface area contributed by atoms with E-state index in [2.05, 4.69) is 9.55 Å². The van der Waals surface area contributed by atoms with Crippen LogP contribution in [0.1, 0.15) is 24.5 Å². The van der Waals surface area contributed by atoms with Crippen LogP contribution in [0.3, 0.4) is 0 Å². The third-order valence-corrected chi connectivity index (χ3v) is 3.56. The van der Waals surface area contributed by atoms with Gasteiger partial charge in [0.1, 0.15) is 11.6 Å². The summed E-state index contributed by atoms with van der Waals surface area (Å²) in [5, 5.41) is 9.36. The lowest BCUT2D eigenvalue weighted by Crippen LogP contribution is -2.18. The molecule has 1 aliphatic rings. The van der Waals surface area contributed by atoms with Crippen molar-refractivity contribution in [1.29, 1.82) is 0 Å². The smallest absolute Gasteiger partial charge is 0.140 e. The van der Waals surface area contributed by atoms with Crippen LogP contribution in [0.15, 0.2) is 30.5 Å². The molecule has 1 aromatic heterocycles. The molecule has 3 nitrogen and oxygen atoms in total. The number of aliphatic hydroxyl groups excluding tert-OH is 1. The van der Waals surface area contributed by atoms with Crippen LogP contribution >= 0.6 is 0 Å². The Kier molecular flexibility index (Phi) is 2.88. The molecule has 3 rings (SSSR count). The number of imidazole rings is 1. The molecule has 0 saturated carbocycles. The number of rotatable bonds is 2. The number of aliphatic hydroxyl groups is 1. The van der Waals surface area contributed by atoms with Gasteiger partial charge in [0.25, 0.3) is 0 Å². The normalized spacial score (nSPS) is 18.7. The first-order chi connectivity index (χ1) is 8.79. The Morgan fingerprint density at radius 1 is 1.33 bits per heavy atom. The average molecular weight is 246 g/mol. The summed E-state index contributed by atoms with van der Waals surface area (Å²) in [6, 6.07) is 6.38. The lowest BCUT2D eigenvalue weighted by atomic mass is 9.97. The molecule has 0 fully saturated rings. The molecule has 1 atom stereocenters. The minimum atomic E-state index is -0.239. The third-order valence-electron chi connectivity index (χ3n) is 3.56. The lowest BCUT2D eigenvalue weighted by molar-refractivity contribution is 0.241. The predicted molar refractivity (Wildman–Crippen MR) is 66.7 cm³/mol. The van der Waals surface area contributed by atoms with Crippen LogP contribution < -0.4 is 0 Å².